The number of ether oxygens (including phenoxy) is 1. The molecule has 1 aromatic carbocycles. The fraction of sp³-hybridized carbons (Fsp3) is 0.588. The maximum absolute atomic E-state index is 13.1. The van der Waals surface area contributed by atoms with Gasteiger partial charge in [0.1, 0.15) is 11.4 Å². The van der Waals surface area contributed by atoms with Gasteiger partial charge in [-0.3, -0.25) is 0 Å². The minimum atomic E-state index is -0.491. The molecule has 0 spiro atoms. The fourth-order valence-electron chi connectivity index (χ4n) is 2.06. The quantitative estimate of drug-likeness (QED) is 0.845. The molecule has 6 heteroatoms. The van der Waals surface area contributed by atoms with Gasteiger partial charge in [0.15, 0.2) is 0 Å². The zero-order chi connectivity index (χ0) is 17.6. The van der Waals surface area contributed by atoms with Crippen LogP contribution in [0.1, 0.15) is 33.3 Å². The Morgan fingerprint density at radius 2 is 2.09 bits per heavy atom. The second kappa shape index (κ2) is 8.50. The van der Waals surface area contributed by atoms with Crippen LogP contribution >= 0.6 is 11.6 Å². The lowest BCUT2D eigenvalue weighted by atomic mass is 10.1. The monoisotopic (exact) mass is 344 g/mol. The molecule has 1 aromatic rings. The standard InChI is InChI=1S/C17H26ClFN2O2/c1-12(11-21(5)16(22)23-17(2,3)4)9-20-10-13-6-7-15(19)14(18)8-13/h6-8,12,20H,9-11H2,1-5H3. The molecule has 23 heavy (non-hydrogen) atoms. The van der Waals surface area contributed by atoms with Crippen LogP contribution in [0.25, 0.3) is 0 Å². The fourth-order valence-corrected chi connectivity index (χ4v) is 2.26. The molecule has 0 radical (unpaired) electrons. The van der Waals surface area contributed by atoms with Crippen molar-refractivity contribution in [1.82, 2.24) is 10.2 Å². The van der Waals surface area contributed by atoms with Crippen LogP contribution < -0.4 is 5.32 Å². The Labute approximate surface area is 142 Å². The smallest absolute Gasteiger partial charge is 0.410 e. The van der Waals surface area contributed by atoms with Gasteiger partial charge in [-0.2, -0.15) is 0 Å². The number of hydrogen-bond acceptors (Lipinski definition) is 3. The van der Waals surface area contributed by atoms with Crippen molar-refractivity contribution in [3.63, 3.8) is 0 Å². The summed E-state index contributed by atoms with van der Waals surface area (Å²) >= 11 is 5.75. The maximum Gasteiger partial charge on any atom is 0.410 e. The normalized spacial score (nSPS) is 12.8. The number of amides is 1. The molecule has 130 valence electrons. The van der Waals surface area contributed by atoms with Crippen molar-refractivity contribution in [2.45, 2.75) is 39.8 Å². The van der Waals surface area contributed by atoms with Gasteiger partial charge in [0.25, 0.3) is 0 Å². The van der Waals surface area contributed by atoms with E-state index < -0.39 is 11.4 Å². The third kappa shape index (κ3) is 7.66. The first-order valence-electron chi connectivity index (χ1n) is 7.67. The predicted molar refractivity (Wildman–Crippen MR) is 91.1 cm³/mol. The highest BCUT2D eigenvalue weighted by atomic mass is 35.5. The first-order valence-corrected chi connectivity index (χ1v) is 8.05. The molecule has 0 saturated carbocycles. The van der Waals surface area contributed by atoms with Crippen LogP contribution in [0.3, 0.4) is 0 Å². The summed E-state index contributed by atoms with van der Waals surface area (Å²) in [5.74, 6) is -0.161. The minimum Gasteiger partial charge on any atom is -0.444 e. The number of nitrogens with zero attached hydrogens (tertiary/aromatic N) is 1. The molecule has 0 aliphatic carbocycles. The third-order valence-corrected chi connectivity index (χ3v) is 3.39. The van der Waals surface area contributed by atoms with E-state index >= 15 is 0 Å². The summed E-state index contributed by atoms with van der Waals surface area (Å²) in [6.07, 6.45) is -0.324. The first-order chi connectivity index (χ1) is 10.6. The molecular weight excluding hydrogens is 319 g/mol. The average molecular weight is 345 g/mol. The summed E-state index contributed by atoms with van der Waals surface area (Å²) in [7, 11) is 1.73. The summed E-state index contributed by atoms with van der Waals surface area (Å²) in [5, 5.41) is 3.41. The molecule has 0 bridgehead atoms. The summed E-state index contributed by atoms with van der Waals surface area (Å²) in [5.41, 5.74) is 0.429. The Kier molecular flexibility index (Phi) is 7.29. The Balaban J connectivity index is 2.34. The molecule has 4 nitrogen and oxygen atoms in total. The van der Waals surface area contributed by atoms with Gasteiger partial charge in [-0.05, 0) is 50.9 Å². The van der Waals surface area contributed by atoms with E-state index in [0.717, 1.165) is 12.1 Å². The van der Waals surface area contributed by atoms with Gasteiger partial charge in [0, 0.05) is 20.1 Å². The number of hydrogen-bond donors (Lipinski definition) is 1. The lowest BCUT2D eigenvalue weighted by Crippen LogP contribution is -2.38. The van der Waals surface area contributed by atoms with Crippen molar-refractivity contribution < 1.29 is 13.9 Å². The van der Waals surface area contributed by atoms with Gasteiger partial charge in [0.05, 0.1) is 5.02 Å². The maximum atomic E-state index is 13.1. The van der Waals surface area contributed by atoms with Gasteiger partial charge >= 0.3 is 6.09 Å². The Hall–Kier alpha value is -1.33. The van der Waals surface area contributed by atoms with Crippen LogP contribution in [0.2, 0.25) is 5.02 Å². The molecule has 1 rings (SSSR count). The van der Waals surface area contributed by atoms with E-state index in [1.807, 2.05) is 27.7 Å². The van der Waals surface area contributed by atoms with E-state index in [1.165, 1.54) is 6.07 Å². The number of nitrogens with one attached hydrogen (secondary N) is 1. The molecule has 1 atom stereocenters. The largest absolute Gasteiger partial charge is 0.444 e. The Morgan fingerprint density at radius 1 is 1.43 bits per heavy atom. The predicted octanol–water partition coefficient (Wildman–Crippen LogP) is 4.07. The van der Waals surface area contributed by atoms with Crippen molar-refractivity contribution in [2.75, 3.05) is 20.1 Å². The zero-order valence-corrected chi connectivity index (χ0v) is 15.2. The molecular formula is C17H26ClFN2O2. The van der Waals surface area contributed by atoms with Gasteiger partial charge in [0.2, 0.25) is 0 Å². The first kappa shape index (κ1) is 19.7. The van der Waals surface area contributed by atoms with E-state index in [4.69, 9.17) is 16.3 Å². The van der Waals surface area contributed by atoms with Gasteiger partial charge in [-0.25, -0.2) is 9.18 Å². The van der Waals surface area contributed by atoms with Gasteiger partial charge in [-0.1, -0.05) is 24.6 Å². The molecule has 0 saturated heterocycles. The van der Waals surface area contributed by atoms with E-state index in [-0.39, 0.29) is 17.0 Å². The summed E-state index contributed by atoms with van der Waals surface area (Å²) in [6.45, 7) is 9.49. The molecule has 1 N–H and O–H groups in total. The topological polar surface area (TPSA) is 41.6 Å². The number of benzene rings is 1. The highest BCUT2D eigenvalue weighted by molar-refractivity contribution is 6.30. The van der Waals surface area contributed by atoms with Crippen molar-refractivity contribution >= 4 is 17.7 Å². The second-order valence-corrected chi connectivity index (χ2v) is 7.25. The summed E-state index contributed by atoms with van der Waals surface area (Å²) in [6, 6.07) is 4.67. The molecule has 1 unspecified atom stereocenters. The van der Waals surface area contributed by atoms with Crippen LogP contribution in [0, 0.1) is 11.7 Å². The molecule has 0 fully saturated rings. The van der Waals surface area contributed by atoms with Crippen molar-refractivity contribution in [1.29, 1.82) is 0 Å². The van der Waals surface area contributed by atoms with E-state index in [0.29, 0.717) is 13.1 Å². The van der Waals surface area contributed by atoms with Crippen LogP contribution in [0.4, 0.5) is 9.18 Å². The molecule has 0 heterocycles. The summed E-state index contributed by atoms with van der Waals surface area (Å²) < 4.78 is 18.4. The van der Waals surface area contributed by atoms with E-state index in [9.17, 15) is 9.18 Å². The lowest BCUT2D eigenvalue weighted by Gasteiger charge is -2.26. The van der Waals surface area contributed by atoms with Crippen LogP contribution in [0.15, 0.2) is 18.2 Å². The lowest BCUT2D eigenvalue weighted by molar-refractivity contribution is 0.0277. The molecule has 0 aliphatic heterocycles. The van der Waals surface area contributed by atoms with E-state index in [2.05, 4.69) is 5.32 Å². The molecule has 1 amide bonds. The SMILES string of the molecule is CC(CNCc1ccc(F)c(Cl)c1)CN(C)C(=O)OC(C)(C)C. The summed E-state index contributed by atoms with van der Waals surface area (Å²) in [4.78, 5) is 13.5. The van der Waals surface area contributed by atoms with Crippen molar-refractivity contribution in [3.05, 3.63) is 34.6 Å². The number of rotatable bonds is 6. The highest BCUT2D eigenvalue weighted by Gasteiger charge is 2.20. The van der Waals surface area contributed by atoms with Crippen LogP contribution in [-0.2, 0) is 11.3 Å². The number of carbonyl (C=O) groups excluding carboxylic acids is 1. The number of halogens is 2. The molecule has 0 aliphatic rings. The van der Waals surface area contributed by atoms with Crippen LogP contribution in [-0.4, -0.2) is 36.7 Å². The minimum absolute atomic E-state index is 0.127. The highest BCUT2D eigenvalue weighted by Crippen LogP contribution is 2.16. The van der Waals surface area contributed by atoms with E-state index in [1.54, 1.807) is 24.1 Å². The third-order valence-electron chi connectivity index (χ3n) is 3.10. The van der Waals surface area contributed by atoms with Crippen LogP contribution in [0.5, 0.6) is 0 Å². The second-order valence-electron chi connectivity index (χ2n) is 6.85. The van der Waals surface area contributed by atoms with Gasteiger partial charge in [-0.15, -0.1) is 0 Å². The number of carbonyl (C=O) groups is 1. The molecule has 0 aromatic heterocycles. The zero-order valence-electron chi connectivity index (χ0n) is 14.5. The Bertz CT molecular complexity index is 532. The van der Waals surface area contributed by atoms with Crippen molar-refractivity contribution in [3.8, 4) is 0 Å². The average Bonchev–Trinajstić information content (AvgIpc) is 2.40. The van der Waals surface area contributed by atoms with Crippen molar-refractivity contribution in [2.24, 2.45) is 5.92 Å². The van der Waals surface area contributed by atoms with Gasteiger partial charge < -0.3 is 15.0 Å². The Morgan fingerprint density at radius 3 is 2.65 bits per heavy atom.